The first-order chi connectivity index (χ1) is 8.11. The lowest BCUT2D eigenvalue weighted by Crippen LogP contribution is -2.49. The van der Waals surface area contributed by atoms with E-state index in [9.17, 15) is 9.18 Å². The molecule has 0 saturated carbocycles. The summed E-state index contributed by atoms with van der Waals surface area (Å²) in [5, 5.41) is 0. The first-order valence-corrected chi connectivity index (χ1v) is 5.10. The number of carbonyl (C=O) groups is 1. The molecule has 1 fully saturated rings. The van der Waals surface area contributed by atoms with Crippen LogP contribution in [0.2, 0.25) is 0 Å². The molecule has 1 aromatic heterocycles. The molecule has 8 heteroatoms. The number of aromatic nitrogens is 2. The summed E-state index contributed by atoms with van der Waals surface area (Å²) in [6.07, 6.45) is 1.03. The van der Waals surface area contributed by atoms with Crippen LogP contribution in [0.3, 0.4) is 0 Å². The number of nitrogens with zero attached hydrogens (tertiary/aromatic N) is 4. The zero-order chi connectivity index (χ0) is 12.4. The number of hydrogen-bond donors (Lipinski definition) is 2. The summed E-state index contributed by atoms with van der Waals surface area (Å²) in [6, 6.07) is 0. The fourth-order valence-electron chi connectivity index (χ4n) is 1.59. The van der Waals surface area contributed by atoms with Crippen LogP contribution < -0.4 is 16.2 Å². The number of nitrogens with two attached hydrogens (primary N) is 1. The summed E-state index contributed by atoms with van der Waals surface area (Å²) in [4.78, 5) is 22.2. The highest BCUT2D eigenvalue weighted by molar-refractivity contribution is 5.82. The van der Waals surface area contributed by atoms with Gasteiger partial charge >= 0.3 is 0 Å². The zero-order valence-corrected chi connectivity index (χ0v) is 9.35. The number of anilines is 2. The van der Waals surface area contributed by atoms with Crippen molar-refractivity contribution in [1.29, 1.82) is 0 Å². The third kappa shape index (κ3) is 2.26. The second kappa shape index (κ2) is 4.50. The maximum Gasteiger partial charge on any atom is 0.241 e. The molecule has 17 heavy (non-hydrogen) atoms. The SMILES string of the molecule is CN1CCN(c2nc(NN)ncc2F)CC1=O. The van der Waals surface area contributed by atoms with Gasteiger partial charge in [-0.05, 0) is 0 Å². The van der Waals surface area contributed by atoms with Crippen LogP contribution in [0.15, 0.2) is 6.20 Å². The molecule has 1 aliphatic heterocycles. The Morgan fingerprint density at radius 1 is 1.53 bits per heavy atom. The minimum atomic E-state index is -0.568. The highest BCUT2D eigenvalue weighted by Gasteiger charge is 2.24. The minimum absolute atomic E-state index is 0.0727. The number of hydrazine groups is 1. The predicted molar refractivity (Wildman–Crippen MR) is 59.7 cm³/mol. The number of nitrogen functional groups attached to an aromatic ring is 1. The summed E-state index contributed by atoms with van der Waals surface area (Å²) in [5.41, 5.74) is 2.24. The fourth-order valence-corrected chi connectivity index (χ4v) is 1.59. The Bertz CT molecular complexity index is 439. The summed E-state index contributed by atoms with van der Waals surface area (Å²) >= 11 is 0. The van der Waals surface area contributed by atoms with Gasteiger partial charge in [-0.15, -0.1) is 0 Å². The fraction of sp³-hybridized carbons (Fsp3) is 0.444. The molecule has 2 rings (SSSR count). The van der Waals surface area contributed by atoms with Crippen molar-refractivity contribution in [1.82, 2.24) is 14.9 Å². The van der Waals surface area contributed by atoms with E-state index >= 15 is 0 Å². The van der Waals surface area contributed by atoms with Gasteiger partial charge in [0, 0.05) is 20.1 Å². The number of likely N-dealkylation sites (N-methyl/N-ethyl adjacent to an activating group) is 1. The number of nitrogens with one attached hydrogen (secondary N) is 1. The molecule has 0 aliphatic carbocycles. The molecule has 0 aromatic carbocycles. The van der Waals surface area contributed by atoms with Gasteiger partial charge in [0.25, 0.3) is 0 Å². The van der Waals surface area contributed by atoms with Crippen molar-refractivity contribution in [3.8, 4) is 0 Å². The van der Waals surface area contributed by atoms with Crippen LogP contribution in [0.25, 0.3) is 0 Å². The Labute approximate surface area is 97.4 Å². The van der Waals surface area contributed by atoms with Crippen LogP contribution in [0.1, 0.15) is 0 Å². The van der Waals surface area contributed by atoms with Gasteiger partial charge in [-0.3, -0.25) is 10.2 Å². The normalized spacial score (nSPS) is 16.3. The Balaban J connectivity index is 2.24. The highest BCUT2D eigenvalue weighted by Crippen LogP contribution is 2.18. The molecule has 1 aliphatic rings. The Morgan fingerprint density at radius 2 is 2.29 bits per heavy atom. The third-order valence-corrected chi connectivity index (χ3v) is 2.61. The maximum absolute atomic E-state index is 13.6. The van der Waals surface area contributed by atoms with Gasteiger partial charge < -0.3 is 9.80 Å². The van der Waals surface area contributed by atoms with Crippen LogP contribution in [0.4, 0.5) is 16.2 Å². The van der Waals surface area contributed by atoms with Crippen LogP contribution in [-0.2, 0) is 4.79 Å². The molecular formula is C9H13FN6O. The first-order valence-electron chi connectivity index (χ1n) is 5.10. The van der Waals surface area contributed by atoms with Crippen molar-refractivity contribution in [2.75, 3.05) is 37.0 Å². The van der Waals surface area contributed by atoms with E-state index in [2.05, 4.69) is 15.4 Å². The molecule has 0 bridgehead atoms. The number of piperazine rings is 1. The van der Waals surface area contributed by atoms with Gasteiger partial charge in [0.15, 0.2) is 11.6 Å². The molecular weight excluding hydrogens is 227 g/mol. The number of halogens is 1. The van der Waals surface area contributed by atoms with E-state index in [4.69, 9.17) is 5.84 Å². The molecule has 0 atom stereocenters. The lowest BCUT2D eigenvalue weighted by Gasteiger charge is -2.32. The minimum Gasteiger partial charge on any atom is -0.343 e. The summed E-state index contributed by atoms with van der Waals surface area (Å²) in [7, 11) is 1.71. The van der Waals surface area contributed by atoms with Gasteiger partial charge in [0.2, 0.25) is 11.9 Å². The van der Waals surface area contributed by atoms with Crippen molar-refractivity contribution in [3.05, 3.63) is 12.0 Å². The van der Waals surface area contributed by atoms with Gasteiger partial charge in [-0.25, -0.2) is 15.2 Å². The van der Waals surface area contributed by atoms with Crippen molar-refractivity contribution < 1.29 is 9.18 Å². The average Bonchev–Trinajstić information content (AvgIpc) is 2.33. The molecule has 7 nitrogen and oxygen atoms in total. The van der Waals surface area contributed by atoms with Crippen molar-refractivity contribution in [3.63, 3.8) is 0 Å². The second-order valence-corrected chi connectivity index (χ2v) is 3.75. The highest BCUT2D eigenvalue weighted by atomic mass is 19.1. The number of hydrogen-bond acceptors (Lipinski definition) is 6. The molecule has 1 aromatic rings. The van der Waals surface area contributed by atoms with Gasteiger partial charge in [-0.1, -0.05) is 0 Å². The Morgan fingerprint density at radius 3 is 2.94 bits per heavy atom. The monoisotopic (exact) mass is 240 g/mol. The van der Waals surface area contributed by atoms with Crippen LogP contribution in [-0.4, -0.2) is 47.5 Å². The van der Waals surface area contributed by atoms with E-state index in [-0.39, 0.29) is 24.2 Å². The smallest absolute Gasteiger partial charge is 0.241 e. The maximum atomic E-state index is 13.6. The predicted octanol–water partition coefficient (Wildman–Crippen LogP) is -0.820. The van der Waals surface area contributed by atoms with Crippen LogP contribution in [0.5, 0.6) is 0 Å². The first kappa shape index (κ1) is 11.5. The standard InChI is InChI=1S/C9H13FN6O/c1-15-2-3-16(5-7(15)17)8-6(10)4-12-9(13-8)14-11/h4H,2-3,5,11H2,1H3,(H,12,13,14). The molecule has 92 valence electrons. The van der Waals surface area contributed by atoms with E-state index in [1.54, 1.807) is 16.8 Å². The zero-order valence-electron chi connectivity index (χ0n) is 9.35. The van der Waals surface area contributed by atoms with E-state index in [0.29, 0.717) is 13.1 Å². The quantitative estimate of drug-likeness (QED) is 0.519. The van der Waals surface area contributed by atoms with Gasteiger partial charge in [-0.2, -0.15) is 4.98 Å². The van der Waals surface area contributed by atoms with Crippen LogP contribution >= 0.6 is 0 Å². The second-order valence-electron chi connectivity index (χ2n) is 3.75. The summed E-state index contributed by atoms with van der Waals surface area (Å²) < 4.78 is 13.6. The Hall–Kier alpha value is -1.96. The van der Waals surface area contributed by atoms with E-state index in [1.165, 1.54) is 0 Å². The number of rotatable bonds is 2. The van der Waals surface area contributed by atoms with Crippen molar-refractivity contribution in [2.45, 2.75) is 0 Å². The summed E-state index contributed by atoms with van der Waals surface area (Å²) in [6.45, 7) is 1.17. The third-order valence-electron chi connectivity index (χ3n) is 2.61. The molecule has 1 amide bonds. The topological polar surface area (TPSA) is 87.4 Å². The molecule has 2 heterocycles. The van der Waals surface area contributed by atoms with Gasteiger partial charge in [0.05, 0.1) is 12.7 Å². The van der Waals surface area contributed by atoms with E-state index < -0.39 is 5.82 Å². The Kier molecular flexibility index (Phi) is 3.05. The van der Waals surface area contributed by atoms with Gasteiger partial charge in [0.1, 0.15) is 0 Å². The molecule has 0 spiro atoms. The lowest BCUT2D eigenvalue weighted by molar-refractivity contribution is -0.129. The number of carbonyl (C=O) groups excluding carboxylic acids is 1. The average molecular weight is 240 g/mol. The van der Waals surface area contributed by atoms with E-state index in [1.807, 2.05) is 0 Å². The number of amides is 1. The molecule has 1 saturated heterocycles. The van der Waals surface area contributed by atoms with Crippen LogP contribution in [0, 0.1) is 5.82 Å². The molecule has 3 N–H and O–H groups in total. The van der Waals surface area contributed by atoms with E-state index in [0.717, 1.165) is 6.20 Å². The molecule has 0 unspecified atom stereocenters. The molecule has 0 radical (unpaired) electrons. The van der Waals surface area contributed by atoms with Crippen molar-refractivity contribution in [2.24, 2.45) is 5.84 Å². The largest absolute Gasteiger partial charge is 0.343 e. The van der Waals surface area contributed by atoms with Crippen molar-refractivity contribution >= 4 is 17.7 Å². The summed E-state index contributed by atoms with van der Waals surface area (Å²) in [5.74, 6) is 4.73. The lowest BCUT2D eigenvalue weighted by atomic mass is 10.3.